The summed E-state index contributed by atoms with van der Waals surface area (Å²) in [4.78, 5) is 10.7. The Hall–Kier alpha value is -2.67. The molecule has 2 heterocycles. The fourth-order valence-electron chi connectivity index (χ4n) is 2.53. The largest absolute Gasteiger partial charge is 0.494 e. The lowest BCUT2D eigenvalue weighted by Crippen LogP contribution is -2.36. The van der Waals surface area contributed by atoms with Crippen LogP contribution in [0.2, 0.25) is 0 Å². The van der Waals surface area contributed by atoms with E-state index in [1.165, 1.54) is 0 Å². The fraction of sp³-hybridized carbons (Fsp3) is 0.421. The van der Waals surface area contributed by atoms with Gasteiger partial charge < -0.3 is 14.4 Å². The van der Waals surface area contributed by atoms with Gasteiger partial charge in [0.1, 0.15) is 17.9 Å². The van der Waals surface area contributed by atoms with Gasteiger partial charge in [0.25, 0.3) is 0 Å². The molecule has 0 unspecified atom stereocenters. The summed E-state index contributed by atoms with van der Waals surface area (Å²) < 4.78 is 11.0. The summed E-state index contributed by atoms with van der Waals surface area (Å²) in [7, 11) is 0. The first-order valence-electron chi connectivity index (χ1n) is 9.02. The van der Waals surface area contributed by atoms with E-state index >= 15 is 0 Å². The van der Waals surface area contributed by atoms with E-state index in [1.54, 1.807) is 12.5 Å². The number of hydrazone groups is 1. The maximum absolute atomic E-state index is 5.66. The summed E-state index contributed by atoms with van der Waals surface area (Å²) in [6.45, 7) is 6.03. The highest BCUT2D eigenvalue weighted by Gasteiger charge is 2.12. The number of ether oxygens (including phenoxy) is 2. The van der Waals surface area contributed by atoms with Crippen molar-refractivity contribution in [2.45, 2.75) is 19.8 Å². The molecule has 1 fully saturated rings. The average Bonchev–Trinajstić information content (AvgIpc) is 2.70. The van der Waals surface area contributed by atoms with Crippen LogP contribution >= 0.6 is 0 Å². The number of aromatic nitrogens is 2. The van der Waals surface area contributed by atoms with E-state index in [4.69, 9.17) is 9.47 Å². The first kappa shape index (κ1) is 18.1. The van der Waals surface area contributed by atoms with Gasteiger partial charge in [-0.1, -0.05) is 13.3 Å². The van der Waals surface area contributed by atoms with Gasteiger partial charge in [-0.15, -0.1) is 0 Å². The number of rotatable bonds is 8. The molecule has 1 saturated heterocycles. The van der Waals surface area contributed by atoms with Crippen LogP contribution in [-0.2, 0) is 4.74 Å². The lowest BCUT2D eigenvalue weighted by Gasteiger charge is -2.27. The second-order valence-electron chi connectivity index (χ2n) is 6.00. The van der Waals surface area contributed by atoms with Crippen LogP contribution in [0.5, 0.6) is 5.75 Å². The molecule has 2 aromatic rings. The monoisotopic (exact) mass is 355 g/mol. The number of hydrogen-bond donors (Lipinski definition) is 1. The lowest BCUT2D eigenvalue weighted by atomic mass is 10.2. The first-order valence-corrected chi connectivity index (χ1v) is 9.02. The molecule has 0 spiro atoms. The van der Waals surface area contributed by atoms with Gasteiger partial charge in [-0.25, -0.2) is 9.97 Å². The molecular weight excluding hydrogens is 330 g/mol. The summed E-state index contributed by atoms with van der Waals surface area (Å²) in [5.74, 6) is 2.43. The van der Waals surface area contributed by atoms with Crippen LogP contribution in [-0.4, -0.2) is 49.1 Å². The van der Waals surface area contributed by atoms with E-state index in [0.717, 1.165) is 62.9 Å². The molecule has 26 heavy (non-hydrogen) atoms. The minimum atomic E-state index is 0.664. The van der Waals surface area contributed by atoms with Crippen LogP contribution in [0.3, 0.4) is 0 Å². The average molecular weight is 355 g/mol. The molecule has 7 nitrogen and oxygen atoms in total. The molecule has 0 radical (unpaired) electrons. The zero-order chi connectivity index (χ0) is 18.0. The van der Waals surface area contributed by atoms with Crippen LogP contribution in [0, 0.1) is 0 Å². The van der Waals surface area contributed by atoms with Gasteiger partial charge in [0, 0.05) is 19.2 Å². The third-order valence-corrected chi connectivity index (χ3v) is 4.03. The van der Waals surface area contributed by atoms with Crippen LogP contribution < -0.4 is 15.1 Å². The summed E-state index contributed by atoms with van der Waals surface area (Å²) in [6, 6.07) is 9.76. The molecule has 0 amide bonds. The van der Waals surface area contributed by atoms with Crippen molar-refractivity contribution in [2.24, 2.45) is 5.10 Å². The third-order valence-electron chi connectivity index (χ3n) is 4.03. The van der Waals surface area contributed by atoms with E-state index in [9.17, 15) is 0 Å². The van der Waals surface area contributed by atoms with Gasteiger partial charge >= 0.3 is 0 Å². The Kier molecular flexibility index (Phi) is 6.78. The summed E-state index contributed by atoms with van der Waals surface area (Å²) in [5, 5.41) is 4.25. The molecule has 0 bridgehead atoms. The smallest absolute Gasteiger partial charge is 0.151 e. The molecule has 0 atom stereocenters. The van der Waals surface area contributed by atoms with E-state index < -0.39 is 0 Å². The standard InChI is InChI=1S/C19H25N5O2/c1-2-3-10-26-17-6-4-16(5-7-17)14-22-23-18-13-19(21-15-20-18)24-8-11-25-12-9-24/h4-7,13-15H,2-3,8-12H2,1H3,(H,20,21,23)/b22-14-. The van der Waals surface area contributed by atoms with Gasteiger partial charge in [-0.3, -0.25) is 5.43 Å². The quantitative estimate of drug-likeness (QED) is 0.446. The van der Waals surface area contributed by atoms with Crippen LogP contribution in [0.4, 0.5) is 11.6 Å². The summed E-state index contributed by atoms with van der Waals surface area (Å²) in [6.07, 6.45) is 5.50. The predicted octanol–water partition coefficient (Wildman–Crippen LogP) is 2.94. The molecule has 0 saturated carbocycles. The van der Waals surface area contributed by atoms with Gasteiger partial charge in [-0.05, 0) is 36.2 Å². The maximum Gasteiger partial charge on any atom is 0.151 e. The second kappa shape index (κ2) is 9.72. The number of morpholine rings is 1. The molecule has 1 aliphatic rings. The molecule has 7 heteroatoms. The number of unbranched alkanes of at least 4 members (excludes halogenated alkanes) is 1. The Morgan fingerprint density at radius 3 is 2.81 bits per heavy atom. The molecular formula is C19H25N5O2. The predicted molar refractivity (Wildman–Crippen MR) is 103 cm³/mol. The third kappa shape index (κ3) is 5.42. The Balaban J connectivity index is 1.53. The van der Waals surface area contributed by atoms with Crippen molar-refractivity contribution in [2.75, 3.05) is 43.2 Å². The van der Waals surface area contributed by atoms with Gasteiger partial charge in [0.15, 0.2) is 5.82 Å². The van der Waals surface area contributed by atoms with Crippen molar-refractivity contribution in [3.05, 3.63) is 42.2 Å². The highest BCUT2D eigenvalue weighted by Crippen LogP contribution is 2.15. The Labute approximate surface area is 154 Å². The molecule has 1 N–H and O–H groups in total. The fourth-order valence-corrected chi connectivity index (χ4v) is 2.53. The van der Waals surface area contributed by atoms with Crippen LogP contribution in [0.25, 0.3) is 0 Å². The SMILES string of the molecule is CCCCOc1ccc(/C=N\Nc2cc(N3CCOCC3)ncn2)cc1. The van der Waals surface area contributed by atoms with Crippen molar-refractivity contribution in [3.63, 3.8) is 0 Å². The number of benzene rings is 1. The van der Waals surface area contributed by atoms with Crippen LogP contribution in [0.15, 0.2) is 41.8 Å². The zero-order valence-electron chi connectivity index (χ0n) is 15.1. The molecule has 1 aliphatic heterocycles. The van der Waals surface area contributed by atoms with Gasteiger partial charge in [0.05, 0.1) is 26.0 Å². The van der Waals surface area contributed by atoms with Gasteiger partial charge in [-0.2, -0.15) is 5.10 Å². The number of nitrogens with one attached hydrogen (secondary N) is 1. The molecule has 3 rings (SSSR count). The minimum absolute atomic E-state index is 0.664. The van der Waals surface area contributed by atoms with Crippen molar-refractivity contribution in [3.8, 4) is 5.75 Å². The normalized spacial score (nSPS) is 14.6. The highest BCUT2D eigenvalue weighted by atomic mass is 16.5. The van der Waals surface area contributed by atoms with Crippen molar-refractivity contribution in [1.82, 2.24) is 9.97 Å². The van der Waals surface area contributed by atoms with Crippen LogP contribution in [0.1, 0.15) is 25.3 Å². The van der Waals surface area contributed by atoms with E-state index in [2.05, 4.69) is 32.3 Å². The molecule has 0 aliphatic carbocycles. The minimum Gasteiger partial charge on any atom is -0.494 e. The first-order chi connectivity index (χ1) is 12.8. The van der Waals surface area contributed by atoms with Crippen molar-refractivity contribution in [1.29, 1.82) is 0 Å². The maximum atomic E-state index is 5.66. The Bertz CT molecular complexity index is 699. The summed E-state index contributed by atoms with van der Waals surface area (Å²) >= 11 is 0. The number of hydrogen-bond acceptors (Lipinski definition) is 7. The highest BCUT2D eigenvalue weighted by molar-refractivity contribution is 5.80. The van der Waals surface area contributed by atoms with Crippen molar-refractivity contribution >= 4 is 17.9 Å². The number of nitrogens with zero attached hydrogens (tertiary/aromatic N) is 4. The second-order valence-corrected chi connectivity index (χ2v) is 6.00. The lowest BCUT2D eigenvalue weighted by molar-refractivity contribution is 0.122. The van der Waals surface area contributed by atoms with E-state index in [0.29, 0.717) is 5.82 Å². The number of anilines is 2. The van der Waals surface area contributed by atoms with E-state index in [1.807, 2.05) is 30.3 Å². The Morgan fingerprint density at radius 1 is 1.23 bits per heavy atom. The molecule has 1 aromatic carbocycles. The molecule has 1 aromatic heterocycles. The summed E-state index contributed by atoms with van der Waals surface area (Å²) in [5.41, 5.74) is 3.95. The van der Waals surface area contributed by atoms with E-state index in [-0.39, 0.29) is 0 Å². The Morgan fingerprint density at radius 2 is 2.04 bits per heavy atom. The molecule has 138 valence electrons. The topological polar surface area (TPSA) is 71.9 Å². The van der Waals surface area contributed by atoms with Crippen molar-refractivity contribution < 1.29 is 9.47 Å². The van der Waals surface area contributed by atoms with Gasteiger partial charge in [0.2, 0.25) is 0 Å². The zero-order valence-corrected chi connectivity index (χ0v) is 15.1.